The molecule has 0 saturated carbocycles. The van der Waals surface area contributed by atoms with E-state index in [2.05, 4.69) is 11.4 Å². The summed E-state index contributed by atoms with van der Waals surface area (Å²) in [5, 5.41) is 4.71. The molecule has 5 heteroatoms. The van der Waals surface area contributed by atoms with E-state index in [1.165, 1.54) is 5.56 Å². The number of hydrogen-bond acceptors (Lipinski definition) is 4. The van der Waals surface area contributed by atoms with Gasteiger partial charge in [-0.1, -0.05) is 30.0 Å². The molecule has 0 bridgehead atoms. The number of amidine groups is 1. The quantitative estimate of drug-likeness (QED) is 0.928. The van der Waals surface area contributed by atoms with Crippen molar-refractivity contribution in [3.8, 4) is 5.75 Å². The van der Waals surface area contributed by atoms with Crippen molar-refractivity contribution in [1.82, 2.24) is 5.32 Å². The number of benzene rings is 1. The van der Waals surface area contributed by atoms with Gasteiger partial charge in [0.1, 0.15) is 5.75 Å². The van der Waals surface area contributed by atoms with Crippen LogP contribution in [-0.2, 0) is 11.2 Å². The van der Waals surface area contributed by atoms with Crippen LogP contribution in [0, 0.1) is 0 Å². The molecule has 21 heavy (non-hydrogen) atoms. The molecule has 1 N–H and O–H groups in total. The minimum atomic E-state index is 0.228. The van der Waals surface area contributed by atoms with Crippen LogP contribution >= 0.6 is 11.8 Å². The number of para-hydroxylation sites is 1. The molecule has 114 valence electrons. The smallest absolute Gasteiger partial charge is 0.157 e. The Morgan fingerprint density at radius 3 is 2.95 bits per heavy atom. The van der Waals surface area contributed by atoms with Gasteiger partial charge in [0.15, 0.2) is 5.17 Å². The van der Waals surface area contributed by atoms with Crippen molar-refractivity contribution in [3.63, 3.8) is 0 Å². The molecular formula is C16H22N2O2S. The summed E-state index contributed by atoms with van der Waals surface area (Å²) in [4.78, 5) is 4.72. The fraction of sp³-hybridized carbons (Fsp3) is 0.562. The lowest BCUT2D eigenvalue weighted by Gasteiger charge is -2.32. The van der Waals surface area contributed by atoms with Gasteiger partial charge in [0, 0.05) is 25.5 Å². The molecule has 2 fully saturated rings. The molecule has 2 heterocycles. The van der Waals surface area contributed by atoms with Crippen molar-refractivity contribution in [2.75, 3.05) is 32.6 Å². The first kappa shape index (κ1) is 14.7. The average molecular weight is 306 g/mol. The molecule has 0 radical (unpaired) electrons. The van der Waals surface area contributed by atoms with Crippen LogP contribution in [0.25, 0.3) is 0 Å². The fourth-order valence-corrected chi connectivity index (χ4v) is 4.05. The summed E-state index contributed by atoms with van der Waals surface area (Å²) in [7, 11) is 1.72. The summed E-state index contributed by atoms with van der Waals surface area (Å²) in [5.74, 6) is 2.06. The molecule has 4 nitrogen and oxygen atoms in total. The van der Waals surface area contributed by atoms with Crippen molar-refractivity contribution < 1.29 is 9.47 Å². The largest absolute Gasteiger partial charge is 0.496 e. The molecule has 1 spiro atoms. The third-order valence-electron chi connectivity index (χ3n) is 4.14. The lowest BCUT2D eigenvalue weighted by atomic mass is 9.93. The number of hydrogen-bond donors (Lipinski definition) is 1. The fourth-order valence-electron chi connectivity index (χ4n) is 2.81. The molecule has 3 rings (SSSR count). The lowest BCUT2D eigenvalue weighted by Crippen LogP contribution is -2.48. The average Bonchev–Trinajstić information content (AvgIpc) is 2.91. The van der Waals surface area contributed by atoms with Crippen LogP contribution in [0.3, 0.4) is 0 Å². The van der Waals surface area contributed by atoms with E-state index in [-0.39, 0.29) is 5.54 Å². The zero-order valence-corrected chi connectivity index (χ0v) is 13.2. The molecule has 0 aromatic heterocycles. The monoisotopic (exact) mass is 306 g/mol. The molecule has 0 atom stereocenters. The summed E-state index contributed by atoms with van der Waals surface area (Å²) in [5.41, 5.74) is 1.44. The van der Waals surface area contributed by atoms with Crippen LogP contribution < -0.4 is 10.1 Å². The number of nitrogens with one attached hydrogen (secondary N) is 1. The minimum Gasteiger partial charge on any atom is -0.496 e. The van der Waals surface area contributed by atoms with Crippen LogP contribution in [0.1, 0.15) is 18.4 Å². The van der Waals surface area contributed by atoms with Gasteiger partial charge in [-0.05, 0) is 30.9 Å². The predicted octanol–water partition coefficient (Wildman–Crippen LogP) is 2.48. The zero-order valence-electron chi connectivity index (χ0n) is 12.4. The van der Waals surface area contributed by atoms with E-state index >= 15 is 0 Å². The van der Waals surface area contributed by atoms with E-state index in [0.717, 1.165) is 55.7 Å². The first-order valence-electron chi connectivity index (χ1n) is 7.46. The van der Waals surface area contributed by atoms with E-state index in [1.807, 2.05) is 30.0 Å². The van der Waals surface area contributed by atoms with Crippen molar-refractivity contribution in [3.05, 3.63) is 29.8 Å². The molecule has 2 aliphatic rings. The number of thioether (sulfide) groups is 1. The Balaban J connectivity index is 1.55. The molecule has 0 aliphatic carbocycles. The number of ether oxygens (including phenoxy) is 2. The van der Waals surface area contributed by atoms with Crippen LogP contribution in [0.5, 0.6) is 5.75 Å². The maximum absolute atomic E-state index is 5.45. The number of methoxy groups -OCH3 is 1. The summed E-state index contributed by atoms with van der Waals surface area (Å²) in [6, 6.07) is 8.15. The van der Waals surface area contributed by atoms with Gasteiger partial charge in [-0.2, -0.15) is 0 Å². The third kappa shape index (κ3) is 3.52. The van der Waals surface area contributed by atoms with Gasteiger partial charge in [-0.3, -0.25) is 4.99 Å². The van der Waals surface area contributed by atoms with E-state index in [9.17, 15) is 0 Å². The standard InChI is InChI=1S/C16H22N2O2S/c1-19-14-5-3-2-4-13(14)6-9-17-15-18-16(12-21-15)7-10-20-11-8-16/h2-5H,6-12H2,1H3,(H,17,18). The number of aliphatic imine (C=N–C) groups is 1. The normalized spacial score (nSPS) is 22.4. The Hall–Kier alpha value is -1.20. The molecule has 2 saturated heterocycles. The van der Waals surface area contributed by atoms with E-state index < -0.39 is 0 Å². The van der Waals surface area contributed by atoms with Gasteiger partial charge in [0.2, 0.25) is 0 Å². The van der Waals surface area contributed by atoms with Crippen molar-refractivity contribution >= 4 is 16.9 Å². The van der Waals surface area contributed by atoms with E-state index in [1.54, 1.807) is 7.11 Å². The van der Waals surface area contributed by atoms with Gasteiger partial charge in [-0.15, -0.1) is 0 Å². The maximum atomic E-state index is 5.45. The Kier molecular flexibility index (Phi) is 4.70. The van der Waals surface area contributed by atoms with Crippen LogP contribution in [0.15, 0.2) is 29.3 Å². The number of nitrogens with zero attached hydrogens (tertiary/aromatic N) is 1. The van der Waals surface area contributed by atoms with Crippen molar-refractivity contribution in [2.24, 2.45) is 4.99 Å². The Morgan fingerprint density at radius 1 is 1.33 bits per heavy atom. The maximum Gasteiger partial charge on any atom is 0.157 e. The van der Waals surface area contributed by atoms with Crippen LogP contribution in [-0.4, -0.2) is 43.3 Å². The zero-order chi connectivity index (χ0) is 14.5. The summed E-state index contributed by atoms with van der Waals surface area (Å²) in [6.07, 6.45) is 3.09. The van der Waals surface area contributed by atoms with Crippen LogP contribution in [0.4, 0.5) is 0 Å². The molecule has 2 aliphatic heterocycles. The summed E-state index contributed by atoms with van der Waals surface area (Å²) < 4.78 is 10.8. The highest BCUT2D eigenvalue weighted by Crippen LogP contribution is 2.31. The first-order valence-corrected chi connectivity index (χ1v) is 8.45. The van der Waals surface area contributed by atoms with E-state index in [4.69, 9.17) is 14.5 Å². The van der Waals surface area contributed by atoms with Crippen molar-refractivity contribution in [1.29, 1.82) is 0 Å². The Bertz CT molecular complexity index is 513. The molecule has 0 amide bonds. The molecule has 1 aromatic rings. The minimum absolute atomic E-state index is 0.228. The highest BCUT2D eigenvalue weighted by atomic mass is 32.2. The predicted molar refractivity (Wildman–Crippen MR) is 87.4 cm³/mol. The van der Waals surface area contributed by atoms with Gasteiger partial charge in [-0.25, -0.2) is 0 Å². The lowest BCUT2D eigenvalue weighted by molar-refractivity contribution is 0.0555. The van der Waals surface area contributed by atoms with Crippen LogP contribution in [0.2, 0.25) is 0 Å². The molecule has 0 unspecified atom stereocenters. The summed E-state index contributed by atoms with van der Waals surface area (Å²) >= 11 is 1.84. The van der Waals surface area contributed by atoms with E-state index in [0.29, 0.717) is 0 Å². The second-order valence-electron chi connectivity index (χ2n) is 5.56. The second kappa shape index (κ2) is 6.71. The molecule has 1 aromatic carbocycles. The van der Waals surface area contributed by atoms with Gasteiger partial charge >= 0.3 is 0 Å². The van der Waals surface area contributed by atoms with Crippen molar-refractivity contribution in [2.45, 2.75) is 24.8 Å². The SMILES string of the molecule is COc1ccccc1CCN=C1NC2(CCOCC2)CS1. The van der Waals surface area contributed by atoms with Gasteiger partial charge in [0.25, 0.3) is 0 Å². The summed E-state index contributed by atoms with van der Waals surface area (Å²) in [6.45, 7) is 2.52. The highest BCUT2D eigenvalue weighted by molar-refractivity contribution is 8.14. The number of rotatable bonds is 4. The first-order chi connectivity index (χ1) is 10.3. The van der Waals surface area contributed by atoms with Gasteiger partial charge < -0.3 is 14.8 Å². The highest BCUT2D eigenvalue weighted by Gasteiger charge is 2.38. The Morgan fingerprint density at radius 2 is 2.14 bits per heavy atom. The molecular weight excluding hydrogens is 284 g/mol. The second-order valence-corrected chi connectivity index (χ2v) is 6.52. The third-order valence-corrected chi connectivity index (χ3v) is 5.34. The van der Waals surface area contributed by atoms with Gasteiger partial charge in [0.05, 0.1) is 12.6 Å². The topological polar surface area (TPSA) is 42.8 Å². The Labute approximate surface area is 130 Å².